The monoisotopic (exact) mass is 257 g/mol. The predicted octanol–water partition coefficient (Wildman–Crippen LogP) is 3.28. The van der Waals surface area contributed by atoms with Crippen LogP contribution in [0.1, 0.15) is 28.2 Å². The summed E-state index contributed by atoms with van der Waals surface area (Å²) in [6.45, 7) is 0. The van der Waals surface area contributed by atoms with Crippen LogP contribution in [-0.4, -0.2) is 0 Å². The second-order valence-electron chi connectivity index (χ2n) is 4.35. The van der Waals surface area contributed by atoms with E-state index >= 15 is 0 Å². The molecule has 94 valence electrons. The van der Waals surface area contributed by atoms with E-state index in [4.69, 9.17) is 10.5 Å². The van der Waals surface area contributed by atoms with Crippen LogP contribution in [0.4, 0.5) is 0 Å². The van der Waals surface area contributed by atoms with E-state index < -0.39 is 5.92 Å². The van der Waals surface area contributed by atoms with Crippen molar-refractivity contribution in [1.29, 1.82) is 15.8 Å². The van der Waals surface area contributed by atoms with Crippen LogP contribution in [0.2, 0.25) is 0 Å². The average Bonchev–Trinajstić information content (AvgIpc) is 2.53. The molecule has 2 aromatic carbocycles. The molecule has 20 heavy (non-hydrogen) atoms. The fourth-order valence-electron chi connectivity index (χ4n) is 2.16. The molecule has 0 radical (unpaired) electrons. The topological polar surface area (TPSA) is 71.4 Å². The van der Waals surface area contributed by atoms with E-state index in [-0.39, 0.29) is 0 Å². The molecule has 0 saturated heterocycles. The molecule has 0 saturated carbocycles. The molecule has 0 N–H and O–H groups in total. The predicted molar refractivity (Wildman–Crippen MR) is 74.4 cm³/mol. The number of hydrogen-bond acceptors (Lipinski definition) is 3. The van der Waals surface area contributed by atoms with Crippen LogP contribution >= 0.6 is 0 Å². The lowest BCUT2D eigenvalue weighted by atomic mass is 9.89. The van der Waals surface area contributed by atoms with Crippen LogP contribution in [0.5, 0.6) is 0 Å². The Morgan fingerprint density at radius 2 is 1.40 bits per heavy atom. The van der Waals surface area contributed by atoms with Gasteiger partial charge in [-0.25, -0.2) is 0 Å². The highest BCUT2D eigenvalue weighted by molar-refractivity contribution is 5.45. The zero-order valence-corrected chi connectivity index (χ0v) is 10.7. The van der Waals surface area contributed by atoms with E-state index in [2.05, 4.69) is 18.2 Å². The Balaban J connectivity index is 2.38. The first kappa shape index (κ1) is 13.3. The molecule has 2 aromatic rings. The highest BCUT2D eigenvalue weighted by atomic mass is 14.3. The summed E-state index contributed by atoms with van der Waals surface area (Å²) in [4.78, 5) is 0. The third-order valence-electron chi connectivity index (χ3n) is 3.17. The number of nitriles is 3. The van der Waals surface area contributed by atoms with Gasteiger partial charge in [0, 0.05) is 0 Å². The van der Waals surface area contributed by atoms with Gasteiger partial charge in [0.1, 0.15) is 0 Å². The van der Waals surface area contributed by atoms with Crippen LogP contribution in [0.15, 0.2) is 48.5 Å². The summed E-state index contributed by atoms with van der Waals surface area (Å²) in [5.74, 6) is -0.430. The van der Waals surface area contributed by atoms with Gasteiger partial charge in [0.15, 0.2) is 0 Å². The summed E-state index contributed by atoms with van der Waals surface area (Å²) < 4.78 is 0. The standard InChI is InChI=1S/C17H11N3/c18-10-14-6-2-1-5-13(14)9-16(12-20)17-8-4-3-7-15(17)11-19/h1-8,16H,9H2/t16-/m1/s1. The van der Waals surface area contributed by atoms with E-state index in [1.165, 1.54) is 0 Å². The molecule has 0 aliphatic rings. The van der Waals surface area contributed by atoms with Crippen LogP contribution in [-0.2, 0) is 6.42 Å². The molecule has 0 aliphatic carbocycles. The van der Waals surface area contributed by atoms with E-state index in [1.54, 1.807) is 30.3 Å². The second-order valence-corrected chi connectivity index (χ2v) is 4.35. The van der Waals surface area contributed by atoms with Gasteiger partial charge in [-0.2, -0.15) is 15.8 Å². The van der Waals surface area contributed by atoms with E-state index in [0.717, 1.165) is 5.56 Å². The van der Waals surface area contributed by atoms with Gasteiger partial charge in [-0.1, -0.05) is 36.4 Å². The lowest BCUT2D eigenvalue weighted by molar-refractivity contribution is 0.843. The van der Waals surface area contributed by atoms with Crippen LogP contribution in [0.3, 0.4) is 0 Å². The first-order valence-corrected chi connectivity index (χ1v) is 6.16. The smallest absolute Gasteiger partial charge is 0.0995 e. The highest BCUT2D eigenvalue weighted by Gasteiger charge is 2.16. The Kier molecular flexibility index (Phi) is 4.13. The number of benzene rings is 2. The summed E-state index contributed by atoms with van der Waals surface area (Å²) in [5, 5.41) is 27.6. The van der Waals surface area contributed by atoms with E-state index in [9.17, 15) is 5.26 Å². The molecule has 0 amide bonds. The van der Waals surface area contributed by atoms with Gasteiger partial charge in [-0.05, 0) is 29.7 Å². The quantitative estimate of drug-likeness (QED) is 0.847. The summed E-state index contributed by atoms with van der Waals surface area (Å²) in [6, 6.07) is 20.8. The Bertz CT molecular complexity index is 742. The van der Waals surface area contributed by atoms with Gasteiger partial charge in [-0.15, -0.1) is 0 Å². The van der Waals surface area contributed by atoms with Crippen molar-refractivity contribution in [3.63, 3.8) is 0 Å². The van der Waals surface area contributed by atoms with Gasteiger partial charge < -0.3 is 0 Å². The molecule has 0 fully saturated rings. The number of hydrogen-bond donors (Lipinski definition) is 0. The Labute approximate surface area is 117 Å². The maximum atomic E-state index is 9.38. The fourth-order valence-corrected chi connectivity index (χ4v) is 2.16. The first-order chi connectivity index (χ1) is 9.80. The zero-order valence-electron chi connectivity index (χ0n) is 10.7. The van der Waals surface area contributed by atoms with Crippen LogP contribution in [0, 0.1) is 34.0 Å². The molecule has 3 nitrogen and oxygen atoms in total. The molecule has 0 unspecified atom stereocenters. The summed E-state index contributed by atoms with van der Waals surface area (Å²) in [5.41, 5.74) is 2.62. The Hall–Kier alpha value is -3.09. The second kappa shape index (κ2) is 6.19. The van der Waals surface area contributed by atoms with Gasteiger partial charge >= 0.3 is 0 Å². The zero-order chi connectivity index (χ0) is 14.4. The molecule has 0 aromatic heterocycles. The Morgan fingerprint density at radius 3 is 2.05 bits per heavy atom. The lowest BCUT2D eigenvalue weighted by Crippen LogP contribution is -2.04. The van der Waals surface area contributed by atoms with Crippen molar-refractivity contribution in [1.82, 2.24) is 0 Å². The van der Waals surface area contributed by atoms with Crippen LogP contribution in [0.25, 0.3) is 0 Å². The average molecular weight is 257 g/mol. The Morgan fingerprint density at radius 1 is 0.800 bits per heavy atom. The molecule has 3 heteroatoms. The molecular formula is C17H11N3. The van der Waals surface area contributed by atoms with Crippen molar-refractivity contribution >= 4 is 0 Å². The first-order valence-electron chi connectivity index (χ1n) is 6.16. The van der Waals surface area contributed by atoms with Crippen molar-refractivity contribution in [2.24, 2.45) is 0 Å². The molecule has 0 bridgehead atoms. The maximum Gasteiger partial charge on any atom is 0.0995 e. The molecule has 0 spiro atoms. The third kappa shape index (κ3) is 2.66. The van der Waals surface area contributed by atoms with Gasteiger partial charge in [0.2, 0.25) is 0 Å². The fraction of sp³-hybridized carbons (Fsp3) is 0.118. The minimum atomic E-state index is -0.430. The van der Waals surface area contributed by atoms with Crippen LogP contribution < -0.4 is 0 Å². The van der Waals surface area contributed by atoms with Crippen molar-refractivity contribution in [3.8, 4) is 18.2 Å². The molecule has 2 rings (SSSR count). The van der Waals surface area contributed by atoms with E-state index in [1.807, 2.05) is 18.2 Å². The summed E-state index contributed by atoms with van der Waals surface area (Å²) in [6.07, 6.45) is 0.429. The van der Waals surface area contributed by atoms with E-state index in [0.29, 0.717) is 23.1 Å². The third-order valence-corrected chi connectivity index (χ3v) is 3.17. The SMILES string of the molecule is N#Cc1ccccc1C[C@H](C#N)c1ccccc1C#N. The normalized spacial score (nSPS) is 10.8. The number of rotatable bonds is 3. The van der Waals surface area contributed by atoms with Crippen molar-refractivity contribution in [2.45, 2.75) is 12.3 Å². The van der Waals surface area contributed by atoms with Gasteiger partial charge in [-0.3, -0.25) is 0 Å². The minimum absolute atomic E-state index is 0.429. The molecule has 0 heterocycles. The maximum absolute atomic E-state index is 9.38. The molecule has 0 aliphatic heterocycles. The molecule has 1 atom stereocenters. The summed E-state index contributed by atoms with van der Waals surface area (Å²) in [7, 11) is 0. The largest absolute Gasteiger partial charge is 0.198 e. The van der Waals surface area contributed by atoms with Crippen molar-refractivity contribution in [3.05, 3.63) is 70.8 Å². The minimum Gasteiger partial charge on any atom is -0.198 e. The molecular weight excluding hydrogens is 246 g/mol. The van der Waals surface area contributed by atoms with Gasteiger partial charge in [0.25, 0.3) is 0 Å². The number of nitrogens with zero attached hydrogens (tertiary/aromatic N) is 3. The lowest BCUT2D eigenvalue weighted by Gasteiger charge is -2.12. The summed E-state index contributed by atoms with van der Waals surface area (Å²) >= 11 is 0. The van der Waals surface area contributed by atoms with Crippen molar-refractivity contribution < 1.29 is 0 Å². The highest BCUT2D eigenvalue weighted by Crippen LogP contribution is 2.24. The van der Waals surface area contributed by atoms with Crippen molar-refractivity contribution in [2.75, 3.05) is 0 Å². The van der Waals surface area contributed by atoms with Gasteiger partial charge in [0.05, 0.1) is 35.3 Å².